The zero-order valence-corrected chi connectivity index (χ0v) is 18.5. The molecule has 2 aromatic carbocycles. The van der Waals surface area contributed by atoms with Crippen LogP contribution in [-0.2, 0) is 14.9 Å². The molecule has 0 aliphatic carbocycles. The van der Waals surface area contributed by atoms with E-state index in [2.05, 4.69) is 38.1 Å². The van der Waals surface area contributed by atoms with Gasteiger partial charge in [0.05, 0.1) is 11.5 Å². The summed E-state index contributed by atoms with van der Waals surface area (Å²) in [6, 6.07) is 12.9. The molecule has 0 aromatic heterocycles. The number of amidine groups is 1. The van der Waals surface area contributed by atoms with Crippen molar-refractivity contribution in [1.29, 1.82) is 0 Å². The minimum absolute atomic E-state index is 0.0716. The average molecular weight is 529 g/mol. The number of thioether (sulfide) groups is 1. The maximum Gasteiger partial charge on any atom is 0.339 e. The summed E-state index contributed by atoms with van der Waals surface area (Å²) in [6.07, 6.45) is 2.18. The number of hydrogen-bond acceptors (Lipinski definition) is 7. The molecule has 1 amide bonds. The van der Waals surface area contributed by atoms with Crippen LogP contribution in [0.15, 0.2) is 63.6 Å². The fourth-order valence-electron chi connectivity index (χ4n) is 2.29. The van der Waals surface area contributed by atoms with E-state index in [-0.39, 0.29) is 21.8 Å². The number of rotatable bonds is 6. The summed E-state index contributed by atoms with van der Waals surface area (Å²) >= 11 is 3.43. The molecule has 0 unspecified atom stereocenters. The van der Waals surface area contributed by atoms with Gasteiger partial charge in [-0.2, -0.15) is 13.5 Å². The molecule has 1 N–H and O–H groups in total. The molecular formula is C18H16IN3O4S2. The number of carbonyl (C=O) groups is 1. The van der Waals surface area contributed by atoms with Crippen molar-refractivity contribution in [2.75, 3.05) is 0 Å². The SMILES string of the molecule is CC[C@H]1S/C(=N\N=C/c2cccc(OS(=O)(=O)c3ccc(I)cc3)c2)NC1=O. The van der Waals surface area contributed by atoms with Crippen molar-refractivity contribution in [3.8, 4) is 5.75 Å². The molecule has 1 fully saturated rings. The van der Waals surface area contributed by atoms with E-state index in [1.807, 2.05) is 6.92 Å². The van der Waals surface area contributed by atoms with Crippen LogP contribution in [0.25, 0.3) is 0 Å². The van der Waals surface area contributed by atoms with Crippen LogP contribution in [0.1, 0.15) is 18.9 Å². The highest BCUT2D eigenvalue weighted by Gasteiger charge is 2.28. The predicted molar refractivity (Wildman–Crippen MR) is 118 cm³/mol. The molecule has 0 radical (unpaired) electrons. The van der Waals surface area contributed by atoms with Crippen molar-refractivity contribution in [3.63, 3.8) is 0 Å². The molecule has 1 saturated heterocycles. The zero-order valence-electron chi connectivity index (χ0n) is 14.7. The van der Waals surface area contributed by atoms with E-state index in [0.29, 0.717) is 17.2 Å². The third-order valence-electron chi connectivity index (χ3n) is 3.67. The summed E-state index contributed by atoms with van der Waals surface area (Å²) in [4.78, 5) is 11.7. The summed E-state index contributed by atoms with van der Waals surface area (Å²) in [7, 11) is -3.92. The van der Waals surface area contributed by atoms with Gasteiger partial charge in [-0.25, -0.2) is 0 Å². The van der Waals surface area contributed by atoms with Crippen LogP contribution in [-0.4, -0.2) is 31.0 Å². The molecule has 0 bridgehead atoms. The first-order valence-electron chi connectivity index (χ1n) is 8.26. The molecule has 1 atom stereocenters. The Hall–Kier alpha value is -1.92. The molecular weight excluding hydrogens is 513 g/mol. The zero-order chi connectivity index (χ0) is 20.1. The second-order valence-electron chi connectivity index (χ2n) is 5.72. The lowest BCUT2D eigenvalue weighted by atomic mass is 10.2. The first-order chi connectivity index (χ1) is 13.4. The third-order valence-corrected chi connectivity index (χ3v) is 6.89. The van der Waals surface area contributed by atoms with Crippen molar-refractivity contribution in [2.45, 2.75) is 23.5 Å². The van der Waals surface area contributed by atoms with Gasteiger partial charge in [0.15, 0.2) is 5.17 Å². The Morgan fingerprint density at radius 2 is 2.00 bits per heavy atom. The number of halogens is 1. The van der Waals surface area contributed by atoms with Crippen LogP contribution in [0, 0.1) is 3.57 Å². The Balaban J connectivity index is 1.70. The number of amides is 1. The van der Waals surface area contributed by atoms with Crippen LogP contribution >= 0.6 is 34.4 Å². The summed E-state index contributed by atoms with van der Waals surface area (Å²) in [6.45, 7) is 1.93. The topological polar surface area (TPSA) is 97.2 Å². The van der Waals surface area contributed by atoms with E-state index in [9.17, 15) is 13.2 Å². The van der Waals surface area contributed by atoms with Crippen LogP contribution in [0.4, 0.5) is 0 Å². The van der Waals surface area contributed by atoms with Crippen LogP contribution < -0.4 is 9.50 Å². The predicted octanol–water partition coefficient (Wildman–Crippen LogP) is 3.39. The minimum atomic E-state index is -3.92. The van der Waals surface area contributed by atoms with Gasteiger partial charge in [-0.05, 0) is 71.0 Å². The summed E-state index contributed by atoms with van der Waals surface area (Å²) in [5.74, 6) is 0.0994. The Labute approximate surface area is 180 Å². The average Bonchev–Trinajstić information content (AvgIpc) is 3.02. The summed E-state index contributed by atoms with van der Waals surface area (Å²) in [5, 5.41) is 10.9. The monoisotopic (exact) mass is 529 g/mol. The van der Waals surface area contributed by atoms with Crippen LogP contribution in [0.5, 0.6) is 5.75 Å². The molecule has 28 heavy (non-hydrogen) atoms. The highest BCUT2D eigenvalue weighted by atomic mass is 127. The number of nitrogens with one attached hydrogen (secondary N) is 1. The number of hydrogen-bond donors (Lipinski definition) is 1. The van der Waals surface area contributed by atoms with E-state index in [1.54, 1.807) is 36.4 Å². The van der Waals surface area contributed by atoms with Gasteiger partial charge in [0.1, 0.15) is 10.6 Å². The molecule has 146 valence electrons. The lowest BCUT2D eigenvalue weighted by Gasteiger charge is -2.07. The van der Waals surface area contributed by atoms with E-state index in [4.69, 9.17) is 4.18 Å². The Kier molecular flexibility index (Phi) is 6.73. The largest absolute Gasteiger partial charge is 0.379 e. The van der Waals surface area contributed by atoms with E-state index >= 15 is 0 Å². The maximum atomic E-state index is 12.4. The lowest BCUT2D eigenvalue weighted by molar-refractivity contribution is -0.118. The second kappa shape index (κ2) is 9.05. The fraction of sp³-hybridized carbons (Fsp3) is 0.167. The van der Waals surface area contributed by atoms with Crippen molar-refractivity contribution in [3.05, 3.63) is 57.7 Å². The Bertz CT molecular complexity index is 1040. The van der Waals surface area contributed by atoms with E-state index in [1.165, 1.54) is 30.1 Å². The highest BCUT2D eigenvalue weighted by molar-refractivity contribution is 14.1. The quantitative estimate of drug-likeness (QED) is 0.268. The minimum Gasteiger partial charge on any atom is -0.379 e. The van der Waals surface area contributed by atoms with Crippen LogP contribution in [0.3, 0.4) is 0 Å². The van der Waals surface area contributed by atoms with Crippen molar-refractivity contribution >= 4 is 61.8 Å². The van der Waals surface area contributed by atoms with Crippen molar-refractivity contribution in [1.82, 2.24) is 5.32 Å². The van der Waals surface area contributed by atoms with E-state index in [0.717, 1.165) is 3.57 Å². The normalized spacial score (nSPS) is 18.6. The van der Waals surface area contributed by atoms with Crippen molar-refractivity contribution in [2.24, 2.45) is 10.2 Å². The molecule has 2 aromatic rings. The van der Waals surface area contributed by atoms with Gasteiger partial charge in [0.2, 0.25) is 5.91 Å². The molecule has 1 heterocycles. The molecule has 10 heteroatoms. The fourth-order valence-corrected chi connectivity index (χ4v) is 4.43. The second-order valence-corrected chi connectivity index (χ2v) is 9.70. The van der Waals surface area contributed by atoms with Crippen LogP contribution in [0.2, 0.25) is 0 Å². The Morgan fingerprint density at radius 1 is 1.25 bits per heavy atom. The van der Waals surface area contributed by atoms with Crippen molar-refractivity contribution < 1.29 is 17.4 Å². The molecule has 7 nitrogen and oxygen atoms in total. The molecule has 3 rings (SSSR count). The van der Waals surface area contributed by atoms with Gasteiger partial charge in [-0.15, -0.1) is 5.10 Å². The van der Waals surface area contributed by atoms with Gasteiger partial charge in [-0.3, -0.25) is 4.79 Å². The Morgan fingerprint density at radius 3 is 2.68 bits per heavy atom. The molecule has 0 saturated carbocycles. The first-order valence-corrected chi connectivity index (χ1v) is 11.6. The maximum absolute atomic E-state index is 12.4. The van der Waals surface area contributed by atoms with E-state index < -0.39 is 10.1 Å². The number of benzene rings is 2. The smallest absolute Gasteiger partial charge is 0.339 e. The van der Waals surface area contributed by atoms with Gasteiger partial charge in [0.25, 0.3) is 0 Å². The molecule has 0 spiro atoms. The highest BCUT2D eigenvalue weighted by Crippen LogP contribution is 2.22. The van der Waals surface area contributed by atoms with Gasteiger partial charge < -0.3 is 9.50 Å². The number of nitrogens with zero attached hydrogens (tertiary/aromatic N) is 2. The summed E-state index contributed by atoms with van der Waals surface area (Å²) < 4.78 is 30.9. The number of carbonyl (C=O) groups excluding carboxylic acids is 1. The molecule has 1 aliphatic heterocycles. The summed E-state index contributed by atoms with van der Waals surface area (Å²) in [5.41, 5.74) is 0.612. The standard InChI is InChI=1S/C18H16IN3O4S2/c1-2-16-17(23)21-18(27-16)22-20-11-12-4-3-5-14(10-12)26-28(24,25)15-8-6-13(19)7-9-15/h3-11,16H,2H2,1H3,(H,21,22,23)/b20-11-/t16-/m1/s1. The van der Waals surface area contributed by atoms with Gasteiger partial charge >= 0.3 is 10.1 Å². The first kappa shape index (κ1) is 20.8. The molecule has 1 aliphatic rings. The third kappa shape index (κ3) is 5.32. The van der Waals surface area contributed by atoms with Gasteiger partial charge in [-0.1, -0.05) is 30.8 Å². The van der Waals surface area contributed by atoms with Gasteiger partial charge in [0, 0.05) is 3.57 Å². The lowest BCUT2D eigenvalue weighted by Crippen LogP contribution is -2.24.